The molecule has 7 heteroatoms. The fourth-order valence-electron chi connectivity index (χ4n) is 3.09. The summed E-state index contributed by atoms with van der Waals surface area (Å²) >= 11 is 0. The molecule has 0 saturated heterocycles. The van der Waals surface area contributed by atoms with Gasteiger partial charge in [-0.1, -0.05) is 31.0 Å². The van der Waals surface area contributed by atoms with Crippen molar-refractivity contribution in [1.29, 1.82) is 0 Å². The van der Waals surface area contributed by atoms with Crippen LogP contribution in [0.2, 0.25) is 0 Å². The molecule has 0 bridgehead atoms. The molecular formula is C22H24N2O5. The average Bonchev–Trinajstić information content (AvgIpc) is 3.25. The summed E-state index contributed by atoms with van der Waals surface area (Å²) < 4.78 is 10.6. The van der Waals surface area contributed by atoms with Crippen LogP contribution in [0.15, 0.2) is 54.6 Å². The highest BCUT2D eigenvalue weighted by Crippen LogP contribution is 2.21. The van der Waals surface area contributed by atoms with Crippen LogP contribution in [-0.4, -0.2) is 37.0 Å². The van der Waals surface area contributed by atoms with Crippen LogP contribution < -0.4 is 15.4 Å². The molecule has 29 heavy (non-hydrogen) atoms. The fourth-order valence-corrected chi connectivity index (χ4v) is 3.09. The Labute approximate surface area is 169 Å². The second-order valence-electron chi connectivity index (χ2n) is 6.83. The molecule has 0 aromatic heterocycles. The Kier molecular flexibility index (Phi) is 7.22. The summed E-state index contributed by atoms with van der Waals surface area (Å²) in [6.07, 6.45) is 4.14. The van der Waals surface area contributed by atoms with E-state index in [1.54, 1.807) is 24.3 Å². The van der Waals surface area contributed by atoms with Crippen LogP contribution in [0.5, 0.6) is 11.5 Å². The van der Waals surface area contributed by atoms with Gasteiger partial charge in [0.2, 0.25) is 0 Å². The van der Waals surface area contributed by atoms with E-state index in [0.717, 1.165) is 25.7 Å². The second kappa shape index (κ2) is 10.3. The molecule has 2 N–H and O–H groups in total. The molecule has 0 heterocycles. The number of carbonyl (C=O) groups excluding carboxylic acids is 3. The minimum absolute atomic E-state index is 0.176. The zero-order valence-electron chi connectivity index (χ0n) is 16.1. The molecule has 0 spiro atoms. The maximum atomic E-state index is 12.1. The van der Waals surface area contributed by atoms with Gasteiger partial charge >= 0.3 is 5.97 Å². The summed E-state index contributed by atoms with van der Waals surface area (Å²) in [5, 5.41) is 5.31. The summed E-state index contributed by atoms with van der Waals surface area (Å²) in [6.45, 7) is -0.644. The van der Waals surface area contributed by atoms with Crippen LogP contribution in [-0.2, 0) is 14.3 Å². The molecule has 1 aliphatic carbocycles. The average molecular weight is 396 g/mol. The summed E-state index contributed by atoms with van der Waals surface area (Å²) in [7, 11) is 0. The van der Waals surface area contributed by atoms with Crippen LogP contribution in [0.3, 0.4) is 0 Å². The van der Waals surface area contributed by atoms with Crippen molar-refractivity contribution in [2.45, 2.75) is 31.7 Å². The van der Waals surface area contributed by atoms with Crippen molar-refractivity contribution < 1.29 is 23.9 Å². The van der Waals surface area contributed by atoms with E-state index >= 15 is 0 Å². The molecule has 152 valence electrons. The van der Waals surface area contributed by atoms with E-state index in [1.807, 2.05) is 30.3 Å². The SMILES string of the molecule is O=C(COC(=O)CNC(=O)c1ccc(Oc2ccccc2)cc1)NC1CCCC1. The predicted molar refractivity (Wildman–Crippen MR) is 107 cm³/mol. The molecule has 0 radical (unpaired) electrons. The minimum Gasteiger partial charge on any atom is -0.457 e. The smallest absolute Gasteiger partial charge is 0.325 e. The Morgan fingerprint density at radius 3 is 2.24 bits per heavy atom. The lowest BCUT2D eigenvalue weighted by molar-refractivity contribution is -0.147. The number of ether oxygens (including phenoxy) is 2. The lowest BCUT2D eigenvalue weighted by Crippen LogP contribution is -2.37. The fraction of sp³-hybridized carbons (Fsp3) is 0.318. The first kappa shape index (κ1) is 20.4. The van der Waals surface area contributed by atoms with Crippen LogP contribution in [0.4, 0.5) is 0 Å². The molecule has 3 rings (SSSR count). The van der Waals surface area contributed by atoms with Crippen molar-refractivity contribution in [2.24, 2.45) is 0 Å². The Hall–Kier alpha value is -3.35. The molecule has 7 nitrogen and oxygen atoms in total. The van der Waals surface area contributed by atoms with Crippen molar-refractivity contribution >= 4 is 17.8 Å². The highest BCUT2D eigenvalue weighted by molar-refractivity contribution is 5.96. The van der Waals surface area contributed by atoms with E-state index in [0.29, 0.717) is 17.1 Å². The van der Waals surface area contributed by atoms with Gasteiger partial charge in [0.05, 0.1) is 0 Å². The minimum atomic E-state index is -0.663. The highest BCUT2D eigenvalue weighted by Gasteiger charge is 2.18. The maximum absolute atomic E-state index is 12.1. The van der Waals surface area contributed by atoms with E-state index in [1.165, 1.54) is 0 Å². The number of rotatable bonds is 8. The maximum Gasteiger partial charge on any atom is 0.325 e. The molecule has 0 atom stereocenters. The molecule has 1 saturated carbocycles. The largest absolute Gasteiger partial charge is 0.457 e. The Morgan fingerprint density at radius 1 is 0.897 bits per heavy atom. The van der Waals surface area contributed by atoms with Crippen molar-refractivity contribution in [3.8, 4) is 11.5 Å². The Bertz CT molecular complexity index is 830. The molecular weight excluding hydrogens is 372 g/mol. The van der Waals surface area contributed by atoms with Crippen molar-refractivity contribution in [1.82, 2.24) is 10.6 Å². The number of hydrogen-bond donors (Lipinski definition) is 2. The quantitative estimate of drug-likeness (QED) is 0.669. The Balaban J connectivity index is 1.38. The molecule has 2 amide bonds. The third kappa shape index (κ3) is 6.64. The zero-order valence-corrected chi connectivity index (χ0v) is 16.1. The van der Waals surface area contributed by atoms with Crippen LogP contribution in [0.1, 0.15) is 36.0 Å². The summed E-state index contributed by atoms with van der Waals surface area (Å²) in [6, 6.07) is 16.0. The monoisotopic (exact) mass is 396 g/mol. The van der Waals surface area contributed by atoms with Crippen LogP contribution >= 0.6 is 0 Å². The van der Waals surface area contributed by atoms with Gasteiger partial charge in [0.25, 0.3) is 11.8 Å². The first-order chi connectivity index (χ1) is 14.1. The summed E-state index contributed by atoms with van der Waals surface area (Å²) in [5.41, 5.74) is 0.386. The normalized spacial score (nSPS) is 13.5. The third-order valence-corrected chi connectivity index (χ3v) is 4.57. The van der Waals surface area contributed by atoms with Crippen molar-refractivity contribution in [2.75, 3.05) is 13.2 Å². The topological polar surface area (TPSA) is 93.7 Å². The molecule has 2 aromatic carbocycles. The Morgan fingerprint density at radius 2 is 1.55 bits per heavy atom. The number of carbonyl (C=O) groups is 3. The number of amides is 2. The van der Waals surface area contributed by atoms with Crippen LogP contribution in [0.25, 0.3) is 0 Å². The van der Waals surface area contributed by atoms with Gasteiger partial charge in [-0.15, -0.1) is 0 Å². The van der Waals surface area contributed by atoms with Gasteiger partial charge < -0.3 is 20.1 Å². The van der Waals surface area contributed by atoms with E-state index in [4.69, 9.17) is 9.47 Å². The van der Waals surface area contributed by atoms with Gasteiger partial charge in [-0.25, -0.2) is 0 Å². The molecule has 2 aromatic rings. The van der Waals surface area contributed by atoms with Gasteiger partial charge in [-0.05, 0) is 49.2 Å². The summed E-state index contributed by atoms with van der Waals surface area (Å²) in [4.78, 5) is 35.6. The summed E-state index contributed by atoms with van der Waals surface area (Å²) in [5.74, 6) is -0.0944. The highest BCUT2D eigenvalue weighted by atomic mass is 16.5. The number of benzene rings is 2. The number of nitrogens with one attached hydrogen (secondary N) is 2. The lowest BCUT2D eigenvalue weighted by Gasteiger charge is -2.12. The number of hydrogen-bond acceptors (Lipinski definition) is 5. The van der Waals surface area contributed by atoms with Gasteiger partial charge in [0, 0.05) is 11.6 Å². The molecule has 0 unspecified atom stereocenters. The van der Waals surface area contributed by atoms with Gasteiger partial charge in [-0.3, -0.25) is 14.4 Å². The van der Waals surface area contributed by atoms with E-state index in [2.05, 4.69) is 10.6 Å². The number of esters is 1. The first-order valence-corrected chi connectivity index (χ1v) is 9.66. The lowest BCUT2D eigenvalue weighted by atomic mass is 10.2. The van der Waals surface area contributed by atoms with E-state index < -0.39 is 11.9 Å². The van der Waals surface area contributed by atoms with Crippen molar-refractivity contribution in [3.63, 3.8) is 0 Å². The molecule has 0 aliphatic heterocycles. The van der Waals surface area contributed by atoms with E-state index in [9.17, 15) is 14.4 Å². The zero-order chi connectivity index (χ0) is 20.5. The third-order valence-electron chi connectivity index (χ3n) is 4.57. The van der Waals surface area contributed by atoms with Gasteiger partial charge in [0.1, 0.15) is 18.0 Å². The van der Waals surface area contributed by atoms with Crippen molar-refractivity contribution in [3.05, 3.63) is 60.2 Å². The standard InChI is InChI=1S/C22H24N2O5/c25-20(24-17-6-4-5-7-17)15-28-21(26)14-23-22(27)16-10-12-19(13-11-16)29-18-8-2-1-3-9-18/h1-3,8-13,17H,4-7,14-15H2,(H,23,27)(H,24,25). The van der Waals surface area contributed by atoms with Crippen LogP contribution in [0, 0.1) is 0 Å². The second-order valence-corrected chi connectivity index (χ2v) is 6.83. The molecule has 1 aliphatic rings. The van der Waals surface area contributed by atoms with Gasteiger partial charge in [0.15, 0.2) is 6.61 Å². The van der Waals surface area contributed by atoms with Gasteiger partial charge in [-0.2, -0.15) is 0 Å². The molecule has 1 fully saturated rings. The van der Waals surface area contributed by atoms with E-state index in [-0.39, 0.29) is 25.1 Å². The predicted octanol–water partition coefficient (Wildman–Crippen LogP) is 2.81. The number of para-hydroxylation sites is 1. The first-order valence-electron chi connectivity index (χ1n) is 9.66.